The van der Waals surface area contributed by atoms with Gasteiger partial charge in [-0.25, -0.2) is 4.68 Å². The summed E-state index contributed by atoms with van der Waals surface area (Å²) in [5, 5.41) is 11.2. The molecule has 36 heavy (non-hydrogen) atoms. The van der Waals surface area contributed by atoms with Crippen molar-refractivity contribution in [1.82, 2.24) is 20.3 Å². The molecule has 2 amide bonds. The van der Waals surface area contributed by atoms with Gasteiger partial charge in [-0.05, 0) is 48.9 Å². The Labute approximate surface area is 209 Å². The lowest BCUT2D eigenvalue weighted by Crippen LogP contribution is -2.46. The van der Waals surface area contributed by atoms with Crippen LogP contribution in [0.1, 0.15) is 17.2 Å². The van der Waals surface area contributed by atoms with E-state index in [1.54, 1.807) is 37.1 Å². The lowest BCUT2D eigenvalue weighted by molar-refractivity contribution is -0.127. The van der Waals surface area contributed by atoms with Crippen molar-refractivity contribution in [2.24, 2.45) is 0 Å². The van der Waals surface area contributed by atoms with E-state index in [1.165, 1.54) is 4.90 Å². The molecule has 0 unspecified atom stereocenters. The first-order chi connectivity index (χ1) is 17.5. The molecular formula is C27H29N5O4. The molecule has 1 aromatic heterocycles. The maximum atomic E-state index is 13.9. The second-order valence-corrected chi connectivity index (χ2v) is 8.30. The highest BCUT2D eigenvalue weighted by atomic mass is 16.5. The molecule has 4 rings (SSSR count). The van der Waals surface area contributed by atoms with E-state index in [-0.39, 0.29) is 18.4 Å². The van der Waals surface area contributed by atoms with E-state index >= 15 is 0 Å². The van der Waals surface area contributed by atoms with Gasteiger partial charge in [0.2, 0.25) is 11.8 Å². The fourth-order valence-corrected chi connectivity index (χ4v) is 3.98. The number of carbonyl (C=O) groups is 2. The number of methoxy groups -OCH3 is 2. The van der Waals surface area contributed by atoms with Gasteiger partial charge in [-0.1, -0.05) is 47.2 Å². The molecule has 9 heteroatoms. The summed E-state index contributed by atoms with van der Waals surface area (Å²) in [5.41, 5.74) is 3.66. The lowest BCUT2D eigenvalue weighted by atomic mass is 10.0. The lowest BCUT2D eigenvalue weighted by Gasteiger charge is -2.32. The van der Waals surface area contributed by atoms with Crippen LogP contribution in [0.4, 0.5) is 5.69 Å². The minimum atomic E-state index is -0.957. The molecule has 0 aliphatic carbocycles. The summed E-state index contributed by atoms with van der Waals surface area (Å²) >= 11 is 0. The number of nitrogens with one attached hydrogen (secondary N) is 1. The smallest absolute Gasteiger partial charge is 0.249 e. The predicted molar refractivity (Wildman–Crippen MR) is 137 cm³/mol. The number of nitrogens with zero attached hydrogens (tertiary/aromatic N) is 4. The number of carbonyl (C=O) groups excluding carboxylic acids is 2. The third kappa shape index (κ3) is 5.52. The summed E-state index contributed by atoms with van der Waals surface area (Å²) in [6.45, 7) is 2.52. The van der Waals surface area contributed by atoms with Crippen LogP contribution >= 0.6 is 0 Å². The molecular weight excluding hydrogens is 458 g/mol. The molecule has 0 saturated heterocycles. The highest BCUT2D eigenvalue weighted by Crippen LogP contribution is 2.30. The number of ether oxygens (including phenoxy) is 2. The van der Waals surface area contributed by atoms with Crippen LogP contribution in [-0.4, -0.2) is 54.2 Å². The average molecular weight is 488 g/mol. The Bertz CT molecular complexity index is 1340. The number of fused-ring (bicyclic) bond motifs is 1. The monoisotopic (exact) mass is 487 g/mol. The Morgan fingerprint density at radius 2 is 1.81 bits per heavy atom. The maximum absolute atomic E-state index is 13.9. The summed E-state index contributed by atoms with van der Waals surface area (Å²) in [7, 11) is 3.13. The number of aryl methyl sites for hydroxylation is 1. The van der Waals surface area contributed by atoms with Gasteiger partial charge in [0, 0.05) is 19.3 Å². The molecule has 1 atom stereocenters. The van der Waals surface area contributed by atoms with Crippen molar-refractivity contribution in [2.75, 3.05) is 32.3 Å². The number of hydrogen-bond donors (Lipinski definition) is 1. The van der Waals surface area contributed by atoms with Crippen molar-refractivity contribution in [2.45, 2.75) is 19.5 Å². The van der Waals surface area contributed by atoms with E-state index in [9.17, 15) is 9.59 Å². The minimum absolute atomic E-state index is 0.0970. The van der Waals surface area contributed by atoms with Crippen LogP contribution < -0.4 is 15.0 Å². The molecule has 0 aliphatic heterocycles. The van der Waals surface area contributed by atoms with E-state index in [0.29, 0.717) is 35.7 Å². The van der Waals surface area contributed by atoms with Gasteiger partial charge in [0.25, 0.3) is 0 Å². The quantitative estimate of drug-likeness (QED) is 0.345. The number of aromatic nitrogens is 3. The summed E-state index contributed by atoms with van der Waals surface area (Å²) in [4.78, 5) is 29.0. The van der Waals surface area contributed by atoms with Crippen LogP contribution in [0.25, 0.3) is 11.0 Å². The van der Waals surface area contributed by atoms with Crippen LogP contribution in [0.15, 0.2) is 72.8 Å². The third-order valence-electron chi connectivity index (χ3n) is 5.81. The van der Waals surface area contributed by atoms with Crippen molar-refractivity contribution in [3.63, 3.8) is 0 Å². The van der Waals surface area contributed by atoms with Gasteiger partial charge in [-0.3, -0.25) is 14.5 Å². The number of rotatable bonds is 10. The van der Waals surface area contributed by atoms with E-state index in [0.717, 1.165) is 11.1 Å². The van der Waals surface area contributed by atoms with E-state index in [4.69, 9.17) is 9.47 Å². The molecule has 0 aliphatic rings. The first-order valence-corrected chi connectivity index (χ1v) is 11.6. The molecule has 186 valence electrons. The second-order valence-electron chi connectivity index (χ2n) is 8.30. The summed E-state index contributed by atoms with van der Waals surface area (Å²) in [6, 6.07) is 21.1. The molecule has 0 spiro atoms. The van der Waals surface area contributed by atoms with Gasteiger partial charge in [-0.15, -0.1) is 5.10 Å². The molecule has 4 aromatic rings. The normalized spacial score (nSPS) is 11.8. The van der Waals surface area contributed by atoms with Gasteiger partial charge < -0.3 is 14.8 Å². The molecule has 1 N–H and O–H groups in total. The van der Waals surface area contributed by atoms with Gasteiger partial charge >= 0.3 is 0 Å². The number of hydrogen-bond acceptors (Lipinski definition) is 6. The molecule has 0 bridgehead atoms. The molecule has 3 aromatic carbocycles. The van der Waals surface area contributed by atoms with Crippen molar-refractivity contribution in [1.29, 1.82) is 0 Å². The number of anilines is 1. The Hall–Kier alpha value is -4.24. The number of benzene rings is 3. The fourth-order valence-electron chi connectivity index (χ4n) is 3.98. The molecule has 1 heterocycles. The highest BCUT2D eigenvalue weighted by molar-refractivity contribution is 6.01. The Balaban J connectivity index is 1.78. The van der Waals surface area contributed by atoms with Gasteiger partial charge in [0.05, 0.1) is 19.2 Å². The summed E-state index contributed by atoms with van der Waals surface area (Å²) in [6.07, 6.45) is 0. The summed E-state index contributed by atoms with van der Waals surface area (Å²) in [5.74, 6) is -0.0670. The van der Waals surface area contributed by atoms with Crippen LogP contribution in [0.5, 0.6) is 5.75 Å². The van der Waals surface area contributed by atoms with Crippen molar-refractivity contribution < 1.29 is 19.1 Å². The van der Waals surface area contributed by atoms with Crippen LogP contribution in [0.2, 0.25) is 0 Å². The predicted octanol–water partition coefficient (Wildman–Crippen LogP) is 3.29. The van der Waals surface area contributed by atoms with Gasteiger partial charge in [0.15, 0.2) is 0 Å². The minimum Gasteiger partial charge on any atom is -0.497 e. The standard InChI is InChI=1S/C27H29N5O4/c1-19-11-13-21(14-12-19)32(25(33)18-31-24-10-5-4-9-23(24)29-30-31)26(27(34)28-15-16-35-2)20-7-6-8-22(17-20)36-3/h4-14,17,26H,15-16,18H2,1-3H3,(H,28,34)/t26-/m0/s1. The van der Waals surface area contributed by atoms with Crippen LogP contribution in [0, 0.1) is 6.92 Å². The van der Waals surface area contributed by atoms with E-state index < -0.39 is 6.04 Å². The Morgan fingerprint density at radius 1 is 1.03 bits per heavy atom. The van der Waals surface area contributed by atoms with Gasteiger partial charge in [0.1, 0.15) is 23.9 Å². The third-order valence-corrected chi connectivity index (χ3v) is 5.81. The number of amides is 2. The zero-order valence-electron chi connectivity index (χ0n) is 20.5. The van der Waals surface area contributed by atoms with Crippen molar-refractivity contribution in [3.8, 4) is 5.75 Å². The van der Waals surface area contributed by atoms with Crippen LogP contribution in [-0.2, 0) is 20.9 Å². The van der Waals surface area contributed by atoms with Crippen molar-refractivity contribution >= 4 is 28.5 Å². The topological polar surface area (TPSA) is 98.6 Å². The molecule has 0 saturated carbocycles. The molecule has 0 fully saturated rings. The SMILES string of the molecule is COCCNC(=O)[C@H](c1cccc(OC)c1)N(C(=O)Cn1nnc2ccccc21)c1ccc(C)cc1. The van der Waals surface area contributed by atoms with Crippen LogP contribution in [0.3, 0.4) is 0 Å². The fraction of sp³-hybridized carbons (Fsp3) is 0.259. The van der Waals surface area contributed by atoms with Gasteiger partial charge in [-0.2, -0.15) is 0 Å². The Kier molecular flexibility index (Phi) is 7.92. The first-order valence-electron chi connectivity index (χ1n) is 11.6. The molecule has 9 nitrogen and oxygen atoms in total. The molecule has 0 radical (unpaired) electrons. The average Bonchev–Trinajstić information content (AvgIpc) is 3.30. The first kappa shape index (κ1) is 24.9. The Morgan fingerprint density at radius 3 is 2.56 bits per heavy atom. The largest absolute Gasteiger partial charge is 0.497 e. The second kappa shape index (κ2) is 11.5. The summed E-state index contributed by atoms with van der Waals surface area (Å²) < 4.78 is 12.0. The zero-order chi connectivity index (χ0) is 25.5. The van der Waals surface area contributed by atoms with E-state index in [1.807, 2.05) is 61.5 Å². The number of para-hydroxylation sites is 1. The maximum Gasteiger partial charge on any atom is 0.249 e. The van der Waals surface area contributed by atoms with E-state index in [2.05, 4.69) is 15.6 Å². The zero-order valence-corrected chi connectivity index (χ0v) is 20.5. The highest BCUT2D eigenvalue weighted by Gasteiger charge is 2.33. The van der Waals surface area contributed by atoms with Crippen molar-refractivity contribution in [3.05, 3.63) is 83.9 Å².